The van der Waals surface area contributed by atoms with Crippen molar-refractivity contribution < 1.29 is 9.53 Å². The molecule has 1 heterocycles. The summed E-state index contributed by atoms with van der Waals surface area (Å²) in [6.45, 7) is 3.43. The fourth-order valence-corrected chi connectivity index (χ4v) is 4.81. The second-order valence-corrected chi connectivity index (χ2v) is 9.29. The zero-order chi connectivity index (χ0) is 24.9. The minimum absolute atomic E-state index is 0.417. The molecule has 4 nitrogen and oxygen atoms in total. The molecule has 0 unspecified atom stereocenters. The van der Waals surface area contributed by atoms with Crippen LogP contribution in [-0.4, -0.2) is 10.5 Å². The highest BCUT2D eigenvalue weighted by Crippen LogP contribution is 2.33. The molecule has 4 heteroatoms. The molecule has 0 spiro atoms. The van der Waals surface area contributed by atoms with Gasteiger partial charge in [0.15, 0.2) is 0 Å². The largest absolute Gasteiger partial charge is 0.489 e. The van der Waals surface area contributed by atoms with Crippen molar-refractivity contribution in [2.24, 2.45) is 5.73 Å². The molecular weight excluding hydrogens is 444 g/mol. The van der Waals surface area contributed by atoms with Crippen LogP contribution in [0.2, 0.25) is 0 Å². The van der Waals surface area contributed by atoms with Crippen molar-refractivity contribution in [3.05, 3.63) is 113 Å². The van der Waals surface area contributed by atoms with Crippen molar-refractivity contribution in [3.8, 4) is 5.75 Å². The lowest BCUT2D eigenvalue weighted by atomic mass is 10.0. The van der Waals surface area contributed by atoms with Gasteiger partial charge >= 0.3 is 0 Å². The van der Waals surface area contributed by atoms with Crippen LogP contribution in [0.5, 0.6) is 5.75 Å². The maximum atomic E-state index is 12.3. The fraction of sp³-hybridized carbons (Fsp3) is 0.219. The van der Waals surface area contributed by atoms with Gasteiger partial charge in [0.1, 0.15) is 12.4 Å². The number of aromatic nitrogens is 1. The first kappa shape index (κ1) is 23.7. The summed E-state index contributed by atoms with van der Waals surface area (Å²) in [5, 5.41) is 1.82. The molecule has 36 heavy (non-hydrogen) atoms. The van der Waals surface area contributed by atoms with E-state index in [-0.39, 0.29) is 0 Å². The molecule has 0 aliphatic carbocycles. The van der Waals surface area contributed by atoms with Crippen molar-refractivity contribution in [1.82, 2.24) is 4.57 Å². The number of rotatable bonds is 10. The number of fused-ring (bicyclic) bond motifs is 3. The number of amides is 1. The number of ether oxygens (including phenoxy) is 1. The van der Waals surface area contributed by atoms with E-state index in [9.17, 15) is 4.79 Å². The molecule has 1 radical (unpaired) electrons. The van der Waals surface area contributed by atoms with Gasteiger partial charge in [0.2, 0.25) is 5.91 Å². The van der Waals surface area contributed by atoms with E-state index in [0.29, 0.717) is 18.7 Å². The Hall–Kier alpha value is -4.05. The summed E-state index contributed by atoms with van der Waals surface area (Å²) in [6, 6.07) is 32.0. The van der Waals surface area contributed by atoms with Gasteiger partial charge in [0, 0.05) is 22.9 Å². The fourth-order valence-electron chi connectivity index (χ4n) is 4.81. The lowest BCUT2D eigenvalue weighted by Gasteiger charge is -2.11. The number of hydrogen-bond acceptors (Lipinski definition) is 2. The highest BCUT2D eigenvalue weighted by molar-refractivity contribution is 6.17. The number of nitrogens with two attached hydrogens (primary N) is 1. The molecule has 1 amide bonds. The minimum Gasteiger partial charge on any atom is -0.489 e. The topological polar surface area (TPSA) is 57.2 Å². The van der Waals surface area contributed by atoms with Crippen LogP contribution in [0.1, 0.15) is 53.2 Å². The number of benzene rings is 4. The molecule has 2 N–H and O–H groups in total. The number of aryl methyl sites for hydroxylation is 1. The summed E-state index contributed by atoms with van der Waals surface area (Å²) < 4.78 is 8.24. The van der Waals surface area contributed by atoms with Gasteiger partial charge in [-0.3, -0.25) is 4.79 Å². The van der Waals surface area contributed by atoms with Crippen LogP contribution >= 0.6 is 0 Å². The molecule has 5 rings (SSSR count). The molecule has 5 aromatic rings. The lowest BCUT2D eigenvalue weighted by Crippen LogP contribution is -2.11. The summed E-state index contributed by atoms with van der Waals surface area (Å²) >= 11 is 0. The highest BCUT2D eigenvalue weighted by atomic mass is 16.5. The smallest absolute Gasteiger partial charge is 0.249 e. The van der Waals surface area contributed by atoms with E-state index >= 15 is 0 Å². The van der Waals surface area contributed by atoms with Gasteiger partial charge in [-0.25, -0.2) is 0 Å². The third kappa shape index (κ3) is 4.99. The second-order valence-electron chi connectivity index (χ2n) is 9.29. The van der Waals surface area contributed by atoms with Crippen molar-refractivity contribution >= 4 is 27.7 Å². The Morgan fingerprint density at radius 2 is 1.69 bits per heavy atom. The summed E-state index contributed by atoms with van der Waals surface area (Å²) in [7, 11) is 0. The van der Waals surface area contributed by atoms with Gasteiger partial charge in [-0.05, 0) is 65.9 Å². The summed E-state index contributed by atoms with van der Waals surface area (Å²) in [6.07, 6.45) is 4.59. The molecule has 1 aromatic heterocycles. The zero-order valence-electron chi connectivity index (χ0n) is 20.7. The molecule has 0 bridgehead atoms. The first-order valence-corrected chi connectivity index (χ1v) is 12.6. The van der Waals surface area contributed by atoms with Crippen molar-refractivity contribution in [2.75, 3.05) is 0 Å². The summed E-state index contributed by atoms with van der Waals surface area (Å²) in [4.78, 5) is 12.3. The van der Waals surface area contributed by atoms with E-state index in [0.717, 1.165) is 51.5 Å². The Balaban J connectivity index is 1.48. The number of nitrogens with zero attached hydrogens (tertiary/aromatic N) is 1. The number of carbonyl (C=O) groups is 1. The quantitative estimate of drug-likeness (QED) is 0.220. The van der Waals surface area contributed by atoms with Gasteiger partial charge in [-0.2, -0.15) is 0 Å². The molecule has 0 saturated heterocycles. The van der Waals surface area contributed by atoms with E-state index < -0.39 is 5.91 Å². The van der Waals surface area contributed by atoms with E-state index in [4.69, 9.17) is 10.5 Å². The number of hydrogen-bond donors (Lipinski definition) is 1. The molecular formula is C32H31N2O2. The van der Waals surface area contributed by atoms with Crippen molar-refractivity contribution in [2.45, 2.75) is 45.8 Å². The van der Waals surface area contributed by atoms with Gasteiger partial charge in [-0.15, -0.1) is 0 Å². The number of carbonyl (C=O) groups excluding carboxylic acids is 1. The van der Waals surface area contributed by atoms with Crippen LogP contribution in [-0.2, 0) is 19.6 Å². The molecule has 0 saturated carbocycles. The van der Waals surface area contributed by atoms with Crippen LogP contribution in [0.4, 0.5) is 0 Å². The Bertz CT molecular complexity index is 1480. The first-order chi connectivity index (χ1) is 17.6. The zero-order valence-corrected chi connectivity index (χ0v) is 20.7. The van der Waals surface area contributed by atoms with E-state index in [1.165, 1.54) is 18.4 Å². The van der Waals surface area contributed by atoms with Crippen LogP contribution in [0.3, 0.4) is 0 Å². The maximum absolute atomic E-state index is 12.3. The van der Waals surface area contributed by atoms with E-state index in [2.05, 4.69) is 60.0 Å². The van der Waals surface area contributed by atoms with Gasteiger partial charge in [0.25, 0.3) is 0 Å². The lowest BCUT2D eigenvalue weighted by molar-refractivity contribution is 0.100. The summed E-state index contributed by atoms with van der Waals surface area (Å²) in [5.41, 5.74) is 11.9. The Labute approximate surface area is 212 Å². The average Bonchev–Trinajstić information content (AvgIpc) is 3.22. The predicted octanol–water partition coefficient (Wildman–Crippen LogP) is 7.05. The number of primary amides is 1. The highest BCUT2D eigenvalue weighted by Gasteiger charge is 2.17. The molecule has 0 aliphatic rings. The molecule has 0 fully saturated rings. The minimum atomic E-state index is -0.417. The molecule has 4 aromatic carbocycles. The van der Waals surface area contributed by atoms with Gasteiger partial charge in [-0.1, -0.05) is 74.4 Å². The average molecular weight is 476 g/mol. The maximum Gasteiger partial charge on any atom is 0.249 e. The van der Waals surface area contributed by atoms with E-state index in [1.54, 1.807) is 6.07 Å². The second kappa shape index (κ2) is 10.7. The molecule has 181 valence electrons. The standard InChI is InChI=1S/C32H31N2O2/c1-2-3-5-9-23-16-19-27-30(20-23)34(29-13-8-12-28(31(27)29)32(33)35)21-24-14-17-26(18-15-24)36-22-25-10-6-4-7-11-25/h4,6-8,10-18,20H,2-3,5,9,21-22H2,1H3,(H2,33,35). The third-order valence-electron chi connectivity index (χ3n) is 6.70. The number of unbranched alkanes of at least 4 members (excludes halogenated alkanes) is 2. The van der Waals surface area contributed by atoms with Crippen molar-refractivity contribution in [3.63, 3.8) is 0 Å². The van der Waals surface area contributed by atoms with Crippen LogP contribution in [0, 0.1) is 6.07 Å². The van der Waals surface area contributed by atoms with Crippen molar-refractivity contribution in [1.29, 1.82) is 0 Å². The molecule has 0 aliphatic heterocycles. The van der Waals surface area contributed by atoms with Crippen LogP contribution in [0.25, 0.3) is 21.8 Å². The molecule has 0 atom stereocenters. The predicted molar refractivity (Wildman–Crippen MR) is 146 cm³/mol. The Morgan fingerprint density at radius 3 is 2.44 bits per heavy atom. The third-order valence-corrected chi connectivity index (χ3v) is 6.70. The van der Waals surface area contributed by atoms with E-state index in [1.807, 2.05) is 36.4 Å². The summed E-state index contributed by atoms with van der Waals surface area (Å²) in [5.74, 6) is 0.423. The normalized spacial score (nSPS) is 11.2. The monoisotopic (exact) mass is 475 g/mol. The first-order valence-electron chi connectivity index (χ1n) is 12.6. The Morgan fingerprint density at radius 1 is 0.889 bits per heavy atom. The van der Waals surface area contributed by atoms with Gasteiger partial charge < -0.3 is 15.0 Å². The van der Waals surface area contributed by atoms with Crippen LogP contribution in [0.15, 0.2) is 84.9 Å². The SMILES string of the molecule is CCCCCc1c[c]c2c3c(C(N)=O)cccc3n(Cc3ccc(OCc4ccccc4)cc3)c2c1. The van der Waals surface area contributed by atoms with Crippen LogP contribution < -0.4 is 10.5 Å². The van der Waals surface area contributed by atoms with Gasteiger partial charge in [0.05, 0.1) is 11.0 Å². The Kier molecular flexibility index (Phi) is 7.03.